The number of nitrogens with one attached hydrogen (secondary N) is 2. The van der Waals surface area contributed by atoms with Gasteiger partial charge in [-0.1, -0.05) is 11.8 Å². The molecule has 1 aromatic rings. The van der Waals surface area contributed by atoms with Gasteiger partial charge in [0.2, 0.25) is 11.8 Å². The molecule has 0 aliphatic carbocycles. The second kappa shape index (κ2) is 7.13. The van der Waals surface area contributed by atoms with E-state index in [-0.39, 0.29) is 24.6 Å². The van der Waals surface area contributed by atoms with Crippen molar-refractivity contribution in [3.8, 4) is 11.8 Å². The fourth-order valence-electron chi connectivity index (χ4n) is 1.26. The number of anilines is 1. The zero-order valence-electron chi connectivity index (χ0n) is 10.4. The Kier molecular flexibility index (Phi) is 5.51. The molecule has 0 aliphatic rings. The number of halogens is 1. The van der Waals surface area contributed by atoms with E-state index < -0.39 is 11.7 Å². The lowest BCUT2D eigenvalue weighted by molar-refractivity contribution is -0.122. The highest BCUT2D eigenvalue weighted by Crippen LogP contribution is 2.13. The zero-order chi connectivity index (χ0) is 14.3. The Labute approximate surface area is 110 Å². The molecule has 0 saturated heterocycles. The molecule has 100 valence electrons. The van der Waals surface area contributed by atoms with Gasteiger partial charge >= 0.3 is 0 Å². The lowest BCUT2D eigenvalue weighted by Gasteiger charge is -2.06. The third-order valence-corrected chi connectivity index (χ3v) is 2.07. The molecular formula is C13H14FN3O2. The molecule has 5 nitrogen and oxygen atoms in total. The summed E-state index contributed by atoms with van der Waals surface area (Å²) in [5, 5.41) is 4.88. The number of benzene rings is 1. The van der Waals surface area contributed by atoms with Crippen molar-refractivity contribution in [3.63, 3.8) is 0 Å². The Balaban J connectivity index is 2.74. The predicted octanol–water partition coefficient (Wildman–Crippen LogP) is 0.211. The van der Waals surface area contributed by atoms with Gasteiger partial charge in [-0.3, -0.25) is 9.59 Å². The smallest absolute Gasteiger partial charge is 0.243 e. The number of carbonyl (C=O) groups excluding carboxylic acids is 2. The summed E-state index contributed by atoms with van der Waals surface area (Å²) in [6.45, 7) is 1.29. The molecule has 0 bridgehead atoms. The van der Waals surface area contributed by atoms with Crippen molar-refractivity contribution in [2.24, 2.45) is 5.73 Å². The van der Waals surface area contributed by atoms with E-state index in [2.05, 4.69) is 22.5 Å². The van der Waals surface area contributed by atoms with Gasteiger partial charge in [-0.15, -0.1) is 0 Å². The van der Waals surface area contributed by atoms with Crippen LogP contribution in [0.25, 0.3) is 0 Å². The summed E-state index contributed by atoms with van der Waals surface area (Å²) in [4.78, 5) is 22.1. The summed E-state index contributed by atoms with van der Waals surface area (Å²) in [6.07, 6.45) is 0. The van der Waals surface area contributed by atoms with Crippen LogP contribution in [0, 0.1) is 17.7 Å². The number of hydrogen-bond acceptors (Lipinski definition) is 3. The maximum Gasteiger partial charge on any atom is 0.243 e. The van der Waals surface area contributed by atoms with Crippen LogP contribution in [0.15, 0.2) is 18.2 Å². The number of amides is 2. The van der Waals surface area contributed by atoms with Crippen molar-refractivity contribution in [1.29, 1.82) is 0 Å². The van der Waals surface area contributed by atoms with Crippen molar-refractivity contribution in [2.75, 3.05) is 18.4 Å². The van der Waals surface area contributed by atoms with E-state index in [9.17, 15) is 14.0 Å². The second-order valence-electron chi connectivity index (χ2n) is 3.66. The summed E-state index contributed by atoms with van der Waals surface area (Å²) in [7, 11) is 0. The minimum Gasteiger partial charge on any atom is -0.347 e. The van der Waals surface area contributed by atoms with Crippen molar-refractivity contribution < 1.29 is 14.0 Å². The predicted molar refractivity (Wildman–Crippen MR) is 69.6 cm³/mol. The number of hydrogen-bond donors (Lipinski definition) is 3. The molecule has 0 spiro atoms. The molecular weight excluding hydrogens is 249 g/mol. The Bertz CT molecular complexity index is 547. The molecule has 0 radical (unpaired) electrons. The molecule has 1 rings (SSSR count). The number of carbonyl (C=O) groups is 2. The number of nitrogens with two attached hydrogens (primary N) is 1. The second-order valence-corrected chi connectivity index (χ2v) is 3.66. The maximum atomic E-state index is 13.4. The molecule has 1 aromatic carbocycles. The largest absolute Gasteiger partial charge is 0.347 e. The highest BCUT2D eigenvalue weighted by atomic mass is 19.1. The molecule has 0 aromatic heterocycles. The monoisotopic (exact) mass is 263 g/mol. The van der Waals surface area contributed by atoms with Gasteiger partial charge in [-0.05, 0) is 18.2 Å². The van der Waals surface area contributed by atoms with Crippen LogP contribution in [0.3, 0.4) is 0 Å². The minimum absolute atomic E-state index is 0.124. The maximum absolute atomic E-state index is 13.4. The van der Waals surface area contributed by atoms with E-state index in [0.29, 0.717) is 5.69 Å². The average molecular weight is 263 g/mol. The third-order valence-electron chi connectivity index (χ3n) is 2.07. The van der Waals surface area contributed by atoms with E-state index in [0.717, 1.165) is 0 Å². The van der Waals surface area contributed by atoms with Crippen LogP contribution in [-0.4, -0.2) is 24.9 Å². The van der Waals surface area contributed by atoms with Crippen LogP contribution in [0.4, 0.5) is 10.1 Å². The first-order valence-electron chi connectivity index (χ1n) is 5.55. The molecule has 4 N–H and O–H groups in total. The molecule has 2 amide bonds. The van der Waals surface area contributed by atoms with E-state index in [1.807, 2.05) is 0 Å². The molecule has 6 heteroatoms. The highest BCUT2D eigenvalue weighted by Gasteiger charge is 2.05. The Hall–Kier alpha value is -2.39. The van der Waals surface area contributed by atoms with Crippen LogP contribution in [0.1, 0.15) is 12.5 Å². The fraction of sp³-hybridized carbons (Fsp3) is 0.231. The highest BCUT2D eigenvalue weighted by molar-refractivity contribution is 5.94. The van der Waals surface area contributed by atoms with E-state index in [4.69, 9.17) is 5.73 Å². The van der Waals surface area contributed by atoms with Gasteiger partial charge in [0.25, 0.3) is 0 Å². The van der Waals surface area contributed by atoms with Crippen LogP contribution in [0.5, 0.6) is 0 Å². The van der Waals surface area contributed by atoms with Gasteiger partial charge < -0.3 is 16.4 Å². The minimum atomic E-state index is -0.485. The summed E-state index contributed by atoms with van der Waals surface area (Å²) >= 11 is 0. The van der Waals surface area contributed by atoms with Gasteiger partial charge in [-0.2, -0.15) is 0 Å². The van der Waals surface area contributed by atoms with Crippen molar-refractivity contribution in [2.45, 2.75) is 6.92 Å². The Morgan fingerprint density at radius 2 is 2.16 bits per heavy atom. The third kappa shape index (κ3) is 5.19. The molecule has 0 heterocycles. The summed E-state index contributed by atoms with van der Waals surface area (Å²) < 4.78 is 13.4. The van der Waals surface area contributed by atoms with Gasteiger partial charge in [0.05, 0.1) is 18.7 Å². The topological polar surface area (TPSA) is 84.2 Å². The van der Waals surface area contributed by atoms with Gasteiger partial charge in [0.1, 0.15) is 5.82 Å². The lowest BCUT2D eigenvalue weighted by atomic mass is 10.2. The van der Waals surface area contributed by atoms with E-state index in [1.54, 1.807) is 0 Å². The molecule has 0 atom stereocenters. The molecule has 0 aliphatic heterocycles. The van der Waals surface area contributed by atoms with Crippen LogP contribution in [0.2, 0.25) is 0 Å². The SMILES string of the molecule is CC(=O)NCC(=O)Nc1ccc(F)c(C#CCN)c1. The Morgan fingerprint density at radius 1 is 1.42 bits per heavy atom. The molecule has 0 unspecified atom stereocenters. The Morgan fingerprint density at radius 3 is 2.79 bits per heavy atom. The first-order valence-corrected chi connectivity index (χ1v) is 5.55. The van der Waals surface area contributed by atoms with Crippen LogP contribution >= 0.6 is 0 Å². The van der Waals surface area contributed by atoms with E-state index >= 15 is 0 Å². The molecule has 0 fully saturated rings. The molecule has 0 saturated carbocycles. The number of rotatable bonds is 3. The van der Waals surface area contributed by atoms with Gasteiger partial charge in [-0.25, -0.2) is 4.39 Å². The summed E-state index contributed by atoms with van der Waals surface area (Å²) in [6, 6.07) is 4.02. The first-order chi connectivity index (χ1) is 9.02. The van der Waals surface area contributed by atoms with Gasteiger partial charge in [0, 0.05) is 12.6 Å². The van der Waals surface area contributed by atoms with Crippen molar-refractivity contribution >= 4 is 17.5 Å². The van der Waals surface area contributed by atoms with Gasteiger partial charge in [0.15, 0.2) is 0 Å². The lowest BCUT2D eigenvalue weighted by Crippen LogP contribution is -2.31. The summed E-state index contributed by atoms with van der Waals surface area (Å²) in [5.41, 5.74) is 5.76. The quantitative estimate of drug-likeness (QED) is 0.682. The van der Waals surface area contributed by atoms with Crippen LogP contribution in [-0.2, 0) is 9.59 Å². The van der Waals surface area contributed by atoms with E-state index in [1.165, 1.54) is 25.1 Å². The zero-order valence-corrected chi connectivity index (χ0v) is 10.4. The van der Waals surface area contributed by atoms with Crippen molar-refractivity contribution in [1.82, 2.24) is 5.32 Å². The standard InChI is InChI=1S/C13H14FN3O2/c1-9(18)16-8-13(19)17-11-4-5-12(14)10(7-11)3-2-6-15/h4-5,7H,6,8,15H2,1H3,(H,16,18)(H,17,19). The first kappa shape index (κ1) is 14.7. The molecule has 19 heavy (non-hydrogen) atoms. The van der Waals surface area contributed by atoms with Crippen LogP contribution < -0.4 is 16.4 Å². The fourth-order valence-corrected chi connectivity index (χ4v) is 1.26. The summed E-state index contributed by atoms with van der Waals surface area (Å²) in [5.74, 6) is 3.91. The van der Waals surface area contributed by atoms with Crippen molar-refractivity contribution in [3.05, 3.63) is 29.6 Å². The average Bonchev–Trinajstić information content (AvgIpc) is 2.37. The normalized spacial score (nSPS) is 9.21.